The smallest absolute Gasteiger partial charge is 0.244 e. The first-order chi connectivity index (χ1) is 10.1. The van der Waals surface area contributed by atoms with E-state index >= 15 is 0 Å². The molecule has 0 aliphatic carbocycles. The number of sulfonamides is 1. The van der Waals surface area contributed by atoms with Crippen LogP contribution in [0.3, 0.4) is 0 Å². The Hall–Kier alpha value is -1.99. The molecule has 2 rings (SSSR count). The lowest BCUT2D eigenvalue weighted by atomic mass is 10.2. The highest BCUT2D eigenvalue weighted by Gasteiger charge is 2.18. The first-order valence-corrected chi connectivity index (χ1v) is 8.07. The van der Waals surface area contributed by atoms with Crippen molar-refractivity contribution in [2.45, 2.75) is 18.2 Å². The lowest BCUT2D eigenvalue weighted by molar-refractivity contribution is 0.331. The second-order valence-corrected chi connectivity index (χ2v) is 6.01. The minimum absolute atomic E-state index is 0.149. The van der Waals surface area contributed by atoms with E-state index in [0.29, 0.717) is 18.8 Å². The van der Waals surface area contributed by atoms with Gasteiger partial charge < -0.3 is 4.74 Å². The molecule has 0 aliphatic rings. The highest BCUT2D eigenvalue weighted by Crippen LogP contribution is 2.22. The Bertz CT molecular complexity index is 675. The molecule has 112 valence electrons. The fourth-order valence-electron chi connectivity index (χ4n) is 1.81. The molecule has 2 aromatic rings. The third-order valence-electron chi connectivity index (χ3n) is 2.76. The second kappa shape index (κ2) is 7.14. The maximum atomic E-state index is 12.3. The lowest BCUT2D eigenvalue weighted by Crippen LogP contribution is -2.26. The van der Waals surface area contributed by atoms with E-state index in [1.54, 1.807) is 30.6 Å². The summed E-state index contributed by atoms with van der Waals surface area (Å²) in [6.07, 6.45) is 5.29. The molecule has 7 heteroatoms. The Morgan fingerprint density at radius 1 is 1.19 bits per heavy atom. The molecule has 1 heterocycles. The minimum Gasteiger partial charge on any atom is -0.492 e. The molecule has 0 fully saturated rings. The van der Waals surface area contributed by atoms with Gasteiger partial charge in [-0.1, -0.05) is 12.1 Å². The van der Waals surface area contributed by atoms with Gasteiger partial charge in [-0.3, -0.25) is 0 Å². The van der Waals surface area contributed by atoms with Gasteiger partial charge in [-0.05, 0) is 31.0 Å². The van der Waals surface area contributed by atoms with Crippen molar-refractivity contribution in [3.05, 3.63) is 48.5 Å². The van der Waals surface area contributed by atoms with Crippen molar-refractivity contribution in [3.8, 4) is 5.75 Å². The Morgan fingerprint density at radius 2 is 1.90 bits per heavy atom. The number of hydrogen-bond donors (Lipinski definition) is 1. The fourth-order valence-corrected chi connectivity index (χ4v) is 2.99. The number of aromatic nitrogens is 2. The molecule has 0 radical (unpaired) electrons. The molecule has 0 spiro atoms. The van der Waals surface area contributed by atoms with Gasteiger partial charge in [-0.25, -0.2) is 23.1 Å². The molecule has 1 aromatic carbocycles. The van der Waals surface area contributed by atoms with Crippen LogP contribution < -0.4 is 9.46 Å². The van der Waals surface area contributed by atoms with Crippen LogP contribution in [0.5, 0.6) is 5.75 Å². The van der Waals surface area contributed by atoms with Gasteiger partial charge in [0.15, 0.2) is 0 Å². The first kappa shape index (κ1) is 15.4. The number of para-hydroxylation sites is 1. The fraction of sp³-hybridized carbons (Fsp3) is 0.286. The summed E-state index contributed by atoms with van der Waals surface area (Å²) in [5, 5.41) is 0. The Labute approximate surface area is 124 Å². The highest BCUT2D eigenvalue weighted by molar-refractivity contribution is 7.89. The number of rotatable bonds is 7. The molecule has 21 heavy (non-hydrogen) atoms. The number of benzene rings is 1. The van der Waals surface area contributed by atoms with E-state index in [1.807, 2.05) is 6.92 Å². The van der Waals surface area contributed by atoms with Crippen LogP contribution >= 0.6 is 0 Å². The SMILES string of the molecule is CCOc1ccccc1S(=O)(=O)NCCc1cncnc1. The van der Waals surface area contributed by atoms with E-state index in [0.717, 1.165) is 5.56 Å². The van der Waals surface area contributed by atoms with Crippen LogP contribution in [0.15, 0.2) is 47.9 Å². The maximum absolute atomic E-state index is 12.3. The first-order valence-electron chi connectivity index (χ1n) is 6.59. The van der Waals surface area contributed by atoms with Crippen LogP contribution in [0.25, 0.3) is 0 Å². The van der Waals surface area contributed by atoms with Crippen molar-refractivity contribution in [2.75, 3.05) is 13.2 Å². The largest absolute Gasteiger partial charge is 0.492 e. The minimum atomic E-state index is -3.60. The normalized spacial score (nSPS) is 11.3. The van der Waals surface area contributed by atoms with E-state index in [1.165, 1.54) is 12.4 Å². The molecule has 1 N–H and O–H groups in total. The van der Waals surface area contributed by atoms with Crippen LogP contribution in [-0.2, 0) is 16.4 Å². The molecule has 0 bridgehead atoms. The van der Waals surface area contributed by atoms with Gasteiger partial charge in [0.25, 0.3) is 0 Å². The Morgan fingerprint density at radius 3 is 2.62 bits per heavy atom. The average molecular weight is 307 g/mol. The van der Waals surface area contributed by atoms with Crippen molar-refractivity contribution >= 4 is 10.0 Å². The monoisotopic (exact) mass is 307 g/mol. The maximum Gasteiger partial charge on any atom is 0.244 e. The van der Waals surface area contributed by atoms with Gasteiger partial charge in [0.2, 0.25) is 10.0 Å². The Balaban J connectivity index is 2.05. The molecular weight excluding hydrogens is 290 g/mol. The number of nitrogens with zero attached hydrogens (tertiary/aromatic N) is 2. The molecule has 0 saturated carbocycles. The summed E-state index contributed by atoms with van der Waals surface area (Å²) < 4.78 is 32.5. The van der Waals surface area contributed by atoms with Gasteiger partial charge in [0, 0.05) is 18.9 Å². The van der Waals surface area contributed by atoms with E-state index < -0.39 is 10.0 Å². The topological polar surface area (TPSA) is 81.2 Å². The summed E-state index contributed by atoms with van der Waals surface area (Å²) in [6, 6.07) is 6.58. The van der Waals surface area contributed by atoms with Gasteiger partial charge in [-0.2, -0.15) is 0 Å². The van der Waals surface area contributed by atoms with Gasteiger partial charge in [-0.15, -0.1) is 0 Å². The van der Waals surface area contributed by atoms with Crippen molar-refractivity contribution in [2.24, 2.45) is 0 Å². The predicted molar refractivity (Wildman–Crippen MR) is 78.5 cm³/mol. The zero-order valence-electron chi connectivity index (χ0n) is 11.7. The van der Waals surface area contributed by atoms with Gasteiger partial charge in [0.05, 0.1) is 6.61 Å². The summed E-state index contributed by atoms with van der Waals surface area (Å²) in [5.74, 6) is 0.357. The second-order valence-electron chi connectivity index (χ2n) is 4.27. The number of nitrogens with one attached hydrogen (secondary N) is 1. The molecule has 1 aromatic heterocycles. The number of hydrogen-bond acceptors (Lipinski definition) is 5. The summed E-state index contributed by atoms with van der Waals surface area (Å²) in [5.41, 5.74) is 0.873. The van der Waals surface area contributed by atoms with E-state index in [4.69, 9.17) is 4.74 Å². The summed E-state index contributed by atoms with van der Waals surface area (Å²) in [7, 11) is -3.60. The number of ether oxygens (including phenoxy) is 1. The van der Waals surface area contributed by atoms with Gasteiger partial charge in [0.1, 0.15) is 17.0 Å². The third-order valence-corrected chi connectivity index (χ3v) is 4.26. The molecule has 6 nitrogen and oxygen atoms in total. The zero-order chi connectivity index (χ0) is 15.1. The predicted octanol–water partition coefficient (Wildman–Crippen LogP) is 1.40. The summed E-state index contributed by atoms with van der Waals surface area (Å²) >= 11 is 0. The molecule has 0 atom stereocenters. The van der Waals surface area contributed by atoms with E-state index in [9.17, 15) is 8.42 Å². The average Bonchev–Trinajstić information content (AvgIpc) is 2.49. The molecular formula is C14H17N3O3S. The molecule has 0 unspecified atom stereocenters. The van der Waals surface area contributed by atoms with Crippen molar-refractivity contribution in [1.82, 2.24) is 14.7 Å². The standard InChI is InChI=1S/C14H17N3O3S/c1-2-20-13-5-3-4-6-14(13)21(18,19)17-8-7-12-9-15-11-16-10-12/h3-6,9-11,17H,2,7-8H2,1H3. The third kappa shape index (κ3) is 4.24. The molecule has 0 saturated heterocycles. The van der Waals surface area contributed by atoms with Crippen LogP contribution in [0.4, 0.5) is 0 Å². The Kier molecular flexibility index (Phi) is 5.24. The quantitative estimate of drug-likeness (QED) is 0.836. The van der Waals surface area contributed by atoms with Gasteiger partial charge >= 0.3 is 0 Å². The van der Waals surface area contributed by atoms with Crippen molar-refractivity contribution in [3.63, 3.8) is 0 Å². The lowest BCUT2D eigenvalue weighted by Gasteiger charge is -2.11. The summed E-state index contributed by atoms with van der Waals surface area (Å²) in [4.78, 5) is 7.93. The molecule has 0 aliphatic heterocycles. The summed E-state index contributed by atoms with van der Waals surface area (Å²) in [6.45, 7) is 2.50. The van der Waals surface area contributed by atoms with Crippen LogP contribution in [-0.4, -0.2) is 31.5 Å². The van der Waals surface area contributed by atoms with Crippen molar-refractivity contribution in [1.29, 1.82) is 0 Å². The molecule has 0 amide bonds. The zero-order valence-corrected chi connectivity index (χ0v) is 12.5. The van der Waals surface area contributed by atoms with Crippen LogP contribution in [0.2, 0.25) is 0 Å². The van der Waals surface area contributed by atoms with Crippen LogP contribution in [0.1, 0.15) is 12.5 Å². The van der Waals surface area contributed by atoms with Crippen molar-refractivity contribution < 1.29 is 13.2 Å². The van der Waals surface area contributed by atoms with E-state index in [-0.39, 0.29) is 11.4 Å². The van der Waals surface area contributed by atoms with Crippen LogP contribution in [0, 0.1) is 0 Å². The highest BCUT2D eigenvalue weighted by atomic mass is 32.2. The van der Waals surface area contributed by atoms with E-state index in [2.05, 4.69) is 14.7 Å².